The lowest BCUT2D eigenvalue weighted by Crippen LogP contribution is -2.25. The summed E-state index contributed by atoms with van der Waals surface area (Å²) >= 11 is 6.23. The summed E-state index contributed by atoms with van der Waals surface area (Å²) in [7, 11) is 0. The van der Waals surface area contributed by atoms with Gasteiger partial charge in [-0.1, -0.05) is 24.6 Å². The SMILES string of the molecule is CCN1CCC(Cn2c(=O)[nH]c3cccc(Cl)c32)C1. The lowest BCUT2D eigenvalue weighted by atomic mass is 10.1. The number of rotatable bonds is 3. The van der Waals surface area contributed by atoms with Crippen LogP contribution in [0.25, 0.3) is 11.0 Å². The zero-order valence-electron chi connectivity index (χ0n) is 11.0. The van der Waals surface area contributed by atoms with Gasteiger partial charge in [0.05, 0.1) is 16.1 Å². The fourth-order valence-corrected chi connectivity index (χ4v) is 3.23. The van der Waals surface area contributed by atoms with Crippen LogP contribution in [0, 0.1) is 5.92 Å². The molecule has 4 nitrogen and oxygen atoms in total. The monoisotopic (exact) mass is 279 g/mol. The third kappa shape index (κ3) is 2.30. The zero-order chi connectivity index (χ0) is 13.4. The van der Waals surface area contributed by atoms with E-state index in [1.54, 1.807) is 4.57 Å². The van der Waals surface area contributed by atoms with Gasteiger partial charge in [-0.3, -0.25) is 4.57 Å². The minimum Gasteiger partial charge on any atom is -0.305 e. The van der Waals surface area contributed by atoms with Crippen LogP contribution in [-0.4, -0.2) is 34.1 Å². The molecule has 1 fully saturated rings. The average Bonchev–Trinajstić information content (AvgIpc) is 2.96. The van der Waals surface area contributed by atoms with Crippen molar-refractivity contribution in [2.45, 2.75) is 19.9 Å². The van der Waals surface area contributed by atoms with Gasteiger partial charge in [-0.15, -0.1) is 0 Å². The zero-order valence-corrected chi connectivity index (χ0v) is 11.8. The minimum atomic E-state index is -0.0574. The van der Waals surface area contributed by atoms with E-state index >= 15 is 0 Å². The molecule has 1 aromatic carbocycles. The van der Waals surface area contributed by atoms with Crippen LogP contribution in [0.2, 0.25) is 5.02 Å². The van der Waals surface area contributed by atoms with Crippen molar-refractivity contribution in [2.24, 2.45) is 5.92 Å². The highest BCUT2D eigenvalue weighted by Gasteiger charge is 2.23. The molecule has 0 saturated carbocycles. The quantitative estimate of drug-likeness (QED) is 0.937. The van der Waals surface area contributed by atoms with Crippen LogP contribution in [0.15, 0.2) is 23.0 Å². The molecule has 102 valence electrons. The summed E-state index contributed by atoms with van der Waals surface area (Å²) in [6.45, 7) is 6.21. The smallest absolute Gasteiger partial charge is 0.305 e. The van der Waals surface area contributed by atoms with E-state index in [0.29, 0.717) is 10.9 Å². The maximum atomic E-state index is 12.1. The predicted octanol–water partition coefficient (Wildman–Crippen LogP) is 2.32. The van der Waals surface area contributed by atoms with Gasteiger partial charge in [0.15, 0.2) is 0 Å². The number of aromatic nitrogens is 2. The molecule has 0 radical (unpaired) electrons. The molecule has 1 aliphatic rings. The number of aromatic amines is 1. The number of hydrogen-bond donors (Lipinski definition) is 1. The van der Waals surface area contributed by atoms with E-state index < -0.39 is 0 Å². The Hall–Kier alpha value is -1.26. The number of halogens is 1. The van der Waals surface area contributed by atoms with Gasteiger partial charge in [0.25, 0.3) is 0 Å². The molecule has 2 heterocycles. The molecule has 5 heteroatoms. The first-order valence-corrected chi connectivity index (χ1v) is 7.16. The molecule has 2 aromatic rings. The van der Waals surface area contributed by atoms with Crippen molar-refractivity contribution in [3.63, 3.8) is 0 Å². The minimum absolute atomic E-state index is 0.0574. The number of hydrogen-bond acceptors (Lipinski definition) is 2. The van der Waals surface area contributed by atoms with Gasteiger partial charge in [0, 0.05) is 13.1 Å². The molecule has 1 saturated heterocycles. The third-order valence-corrected chi connectivity index (χ3v) is 4.31. The third-order valence-electron chi connectivity index (χ3n) is 4.00. The van der Waals surface area contributed by atoms with Crippen molar-refractivity contribution >= 4 is 22.6 Å². The number of nitrogens with one attached hydrogen (secondary N) is 1. The second kappa shape index (κ2) is 5.02. The summed E-state index contributed by atoms with van der Waals surface area (Å²) in [6.07, 6.45) is 1.15. The highest BCUT2D eigenvalue weighted by atomic mass is 35.5. The van der Waals surface area contributed by atoms with Crippen molar-refractivity contribution in [1.82, 2.24) is 14.5 Å². The summed E-state index contributed by atoms with van der Waals surface area (Å²) < 4.78 is 1.79. The van der Waals surface area contributed by atoms with Crippen LogP contribution in [-0.2, 0) is 6.54 Å². The van der Waals surface area contributed by atoms with Crippen molar-refractivity contribution in [3.05, 3.63) is 33.7 Å². The summed E-state index contributed by atoms with van der Waals surface area (Å²) in [5, 5.41) is 0.640. The second-order valence-electron chi connectivity index (χ2n) is 5.22. The number of fused-ring (bicyclic) bond motifs is 1. The van der Waals surface area contributed by atoms with Crippen LogP contribution in [0.4, 0.5) is 0 Å². The Morgan fingerprint density at radius 1 is 1.47 bits per heavy atom. The fraction of sp³-hybridized carbons (Fsp3) is 0.500. The van der Waals surface area contributed by atoms with Crippen LogP contribution in [0.3, 0.4) is 0 Å². The Kier molecular flexibility index (Phi) is 3.37. The van der Waals surface area contributed by atoms with Crippen molar-refractivity contribution in [3.8, 4) is 0 Å². The van der Waals surface area contributed by atoms with E-state index in [2.05, 4.69) is 16.8 Å². The van der Waals surface area contributed by atoms with E-state index in [9.17, 15) is 4.79 Å². The highest BCUT2D eigenvalue weighted by molar-refractivity contribution is 6.34. The largest absolute Gasteiger partial charge is 0.326 e. The Bertz CT molecular complexity index is 646. The lowest BCUT2D eigenvalue weighted by Gasteiger charge is -2.13. The van der Waals surface area contributed by atoms with Crippen molar-refractivity contribution < 1.29 is 0 Å². The highest BCUT2D eigenvalue weighted by Crippen LogP contribution is 2.23. The Morgan fingerprint density at radius 2 is 2.32 bits per heavy atom. The Balaban J connectivity index is 1.93. The molecule has 0 aliphatic carbocycles. The van der Waals surface area contributed by atoms with Gasteiger partial charge in [-0.2, -0.15) is 0 Å². The second-order valence-corrected chi connectivity index (χ2v) is 5.63. The van der Waals surface area contributed by atoms with Gasteiger partial charge in [0.2, 0.25) is 0 Å². The molecule has 0 amide bonds. The summed E-state index contributed by atoms with van der Waals surface area (Å²) in [5.41, 5.74) is 1.60. The standard InChI is InChI=1S/C14H18ClN3O/c1-2-17-7-6-10(8-17)9-18-13-11(15)4-3-5-12(13)16-14(18)19/h3-5,10H,2,6-9H2,1H3,(H,16,19). The topological polar surface area (TPSA) is 41.0 Å². The molecule has 0 spiro atoms. The lowest BCUT2D eigenvalue weighted by molar-refractivity contribution is 0.333. The van der Waals surface area contributed by atoms with E-state index in [4.69, 9.17) is 11.6 Å². The molecular formula is C14H18ClN3O. The molecule has 3 rings (SSSR count). The summed E-state index contributed by atoms with van der Waals surface area (Å²) in [4.78, 5) is 17.4. The van der Waals surface area contributed by atoms with Gasteiger partial charge >= 0.3 is 5.69 Å². The number of benzene rings is 1. The van der Waals surface area contributed by atoms with Gasteiger partial charge < -0.3 is 9.88 Å². The maximum absolute atomic E-state index is 12.1. The Morgan fingerprint density at radius 3 is 3.05 bits per heavy atom. The number of likely N-dealkylation sites (tertiary alicyclic amines) is 1. The molecule has 19 heavy (non-hydrogen) atoms. The van der Waals surface area contributed by atoms with Crippen LogP contribution in [0.5, 0.6) is 0 Å². The van der Waals surface area contributed by atoms with Gasteiger partial charge in [0.1, 0.15) is 0 Å². The maximum Gasteiger partial charge on any atom is 0.326 e. The van der Waals surface area contributed by atoms with E-state index in [1.807, 2.05) is 18.2 Å². The van der Waals surface area contributed by atoms with E-state index in [1.165, 1.54) is 0 Å². The molecule has 1 aromatic heterocycles. The normalized spacial score (nSPS) is 20.4. The van der Waals surface area contributed by atoms with Crippen LogP contribution < -0.4 is 5.69 Å². The molecule has 0 bridgehead atoms. The first kappa shape index (κ1) is 12.8. The van der Waals surface area contributed by atoms with Crippen LogP contribution in [0.1, 0.15) is 13.3 Å². The van der Waals surface area contributed by atoms with E-state index in [-0.39, 0.29) is 5.69 Å². The van der Waals surface area contributed by atoms with Gasteiger partial charge in [-0.25, -0.2) is 4.79 Å². The molecule has 1 atom stereocenters. The number of imidazole rings is 1. The van der Waals surface area contributed by atoms with Crippen LogP contribution >= 0.6 is 11.6 Å². The average molecular weight is 280 g/mol. The molecular weight excluding hydrogens is 262 g/mol. The van der Waals surface area contributed by atoms with Crippen molar-refractivity contribution in [2.75, 3.05) is 19.6 Å². The summed E-state index contributed by atoms with van der Waals surface area (Å²) in [5.74, 6) is 0.535. The first-order valence-electron chi connectivity index (χ1n) is 6.78. The number of para-hydroxylation sites is 1. The van der Waals surface area contributed by atoms with Crippen molar-refractivity contribution in [1.29, 1.82) is 0 Å². The molecule has 1 aliphatic heterocycles. The fourth-order valence-electron chi connectivity index (χ4n) is 2.96. The number of H-pyrrole nitrogens is 1. The molecule has 1 N–H and O–H groups in total. The first-order chi connectivity index (χ1) is 9.19. The molecule has 1 unspecified atom stereocenters. The number of nitrogens with zero attached hydrogens (tertiary/aromatic N) is 2. The predicted molar refractivity (Wildman–Crippen MR) is 77.8 cm³/mol. The summed E-state index contributed by atoms with van der Waals surface area (Å²) in [6, 6.07) is 5.59. The van der Waals surface area contributed by atoms with Gasteiger partial charge in [-0.05, 0) is 37.6 Å². The van der Waals surface area contributed by atoms with E-state index in [0.717, 1.165) is 43.6 Å². The Labute approximate surface area is 117 Å².